The van der Waals surface area contributed by atoms with Gasteiger partial charge in [0.25, 0.3) is 0 Å². The van der Waals surface area contributed by atoms with Gasteiger partial charge >= 0.3 is 12.0 Å². The Balaban J connectivity index is 2.02. The summed E-state index contributed by atoms with van der Waals surface area (Å²) in [4.78, 5) is 25.1. The number of carbonyl (C=O) groups is 2. The Kier molecular flexibility index (Phi) is 4.09. The zero-order valence-corrected chi connectivity index (χ0v) is 10.8. The van der Waals surface area contributed by atoms with Crippen LogP contribution in [-0.4, -0.2) is 41.7 Å². The van der Waals surface area contributed by atoms with E-state index in [4.69, 9.17) is 4.74 Å². The molecule has 0 unspecified atom stereocenters. The summed E-state index contributed by atoms with van der Waals surface area (Å²) in [5.41, 5.74) is 0.711. The molecule has 96 valence electrons. The van der Waals surface area contributed by atoms with Crippen molar-refractivity contribution in [1.82, 2.24) is 4.90 Å². The van der Waals surface area contributed by atoms with Crippen LogP contribution in [0.15, 0.2) is 30.3 Å². The topological polar surface area (TPSA) is 58.6 Å². The molecule has 1 fully saturated rings. The maximum atomic E-state index is 12.0. The van der Waals surface area contributed by atoms with Crippen LogP contribution in [0.25, 0.3) is 0 Å². The van der Waals surface area contributed by atoms with Gasteiger partial charge in [0.05, 0.1) is 13.0 Å². The molecule has 1 saturated heterocycles. The van der Waals surface area contributed by atoms with Gasteiger partial charge in [0.1, 0.15) is 6.04 Å². The van der Waals surface area contributed by atoms with Gasteiger partial charge in [0.2, 0.25) is 0 Å². The van der Waals surface area contributed by atoms with Crippen LogP contribution in [0.3, 0.4) is 0 Å². The number of carbonyl (C=O) groups excluding carboxylic acids is 2. The molecule has 1 aliphatic rings. The minimum Gasteiger partial charge on any atom is -0.467 e. The van der Waals surface area contributed by atoms with E-state index in [0.29, 0.717) is 17.3 Å². The maximum absolute atomic E-state index is 12.0. The van der Waals surface area contributed by atoms with Gasteiger partial charge in [-0.3, -0.25) is 0 Å². The van der Waals surface area contributed by atoms with Crippen LogP contribution in [0.4, 0.5) is 10.5 Å². The predicted octanol–water partition coefficient (Wildman–Crippen LogP) is 1.77. The van der Waals surface area contributed by atoms with Gasteiger partial charge in [-0.1, -0.05) is 18.2 Å². The summed E-state index contributed by atoms with van der Waals surface area (Å²) in [7, 11) is 1.33. The Labute approximate surface area is 109 Å². The number of rotatable bonds is 2. The van der Waals surface area contributed by atoms with Crippen LogP contribution in [0.1, 0.15) is 0 Å². The standard InChI is InChI=1S/C12H14N2O3S/c1-17-11(15)10-7-18-8-14(10)12(16)13-9-5-3-2-4-6-9/h2-6,10H,7-8H2,1H3,(H,13,16)/t10-/m0/s1. The number of nitrogens with zero attached hydrogens (tertiary/aromatic N) is 1. The number of benzene rings is 1. The highest BCUT2D eigenvalue weighted by Crippen LogP contribution is 2.22. The van der Waals surface area contributed by atoms with E-state index in [2.05, 4.69) is 5.32 Å². The summed E-state index contributed by atoms with van der Waals surface area (Å²) < 4.78 is 4.69. The predicted molar refractivity (Wildman–Crippen MR) is 70.4 cm³/mol. The number of thioether (sulfide) groups is 1. The van der Waals surface area contributed by atoms with Crippen LogP contribution >= 0.6 is 11.8 Å². The molecule has 18 heavy (non-hydrogen) atoms. The summed E-state index contributed by atoms with van der Waals surface area (Å²) >= 11 is 1.54. The number of hydrogen-bond acceptors (Lipinski definition) is 4. The first-order valence-corrected chi connectivity index (χ1v) is 6.66. The molecule has 2 rings (SSSR count). The van der Waals surface area contributed by atoms with Gasteiger partial charge in [-0.05, 0) is 12.1 Å². The number of anilines is 1. The first-order chi connectivity index (χ1) is 8.72. The van der Waals surface area contributed by atoms with E-state index in [-0.39, 0.29) is 12.0 Å². The van der Waals surface area contributed by atoms with Gasteiger partial charge in [-0.2, -0.15) is 0 Å². The van der Waals surface area contributed by atoms with Crippen molar-refractivity contribution >= 4 is 29.4 Å². The zero-order valence-electron chi connectivity index (χ0n) is 9.96. The lowest BCUT2D eigenvalue weighted by atomic mass is 10.3. The molecule has 0 radical (unpaired) electrons. The maximum Gasteiger partial charge on any atom is 0.329 e. The fraction of sp³-hybridized carbons (Fsp3) is 0.333. The van der Waals surface area contributed by atoms with E-state index in [1.54, 1.807) is 12.1 Å². The summed E-state index contributed by atoms with van der Waals surface area (Å²) in [6.45, 7) is 0. The zero-order chi connectivity index (χ0) is 13.0. The molecular weight excluding hydrogens is 252 g/mol. The lowest BCUT2D eigenvalue weighted by molar-refractivity contribution is -0.144. The quantitative estimate of drug-likeness (QED) is 0.829. The Morgan fingerprint density at radius 3 is 2.78 bits per heavy atom. The Bertz CT molecular complexity index is 438. The van der Waals surface area contributed by atoms with Crippen molar-refractivity contribution in [3.05, 3.63) is 30.3 Å². The van der Waals surface area contributed by atoms with Gasteiger partial charge in [-0.25, -0.2) is 9.59 Å². The molecule has 0 saturated carbocycles. The first-order valence-electron chi connectivity index (χ1n) is 5.50. The second kappa shape index (κ2) is 5.77. The Morgan fingerprint density at radius 1 is 1.39 bits per heavy atom. The van der Waals surface area contributed by atoms with E-state index >= 15 is 0 Å². The van der Waals surface area contributed by atoms with E-state index in [9.17, 15) is 9.59 Å². The van der Waals surface area contributed by atoms with Gasteiger partial charge < -0.3 is 15.0 Å². The molecule has 0 spiro atoms. The molecule has 1 heterocycles. The highest BCUT2D eigenvalue weighted by atomic mass is 32.2. The minimum absolute atomic E-state index is 0.276. The van der Waals surface area contributed by atoms with Crippen molar-refractivity contribution in [3.63, 3.8) is 0 Å². The van der Waals surface area contributed by atoms with E-state index < -0.39 is 6.04 Å². The largest absolute Gasteiger partial charge is 0.467 e. The van der Waals surface area contributed by atoms with Gasteiger partial charge in [0.15, 0.2) is 0 Å². The fourth-order valence-corrected chi connectivity index (χ4v) is 2.83. The SMILES string of the molecule is COC(=O)[C@@H]1CSCN1C(=O)Nc1ccccc1. The molecule has 1 aromatic carbocycles. The van der Waals surface area contributed by atoms with Gasteiger partial charge in [-0.15, -0.1) is 11.8 Å². The highest BCUT2D eigenvalue weighted by Gasteiger charge is 2.35. The summed E-state index contributed by atoms with van der Waals surface area (Å²) in [6.07, 6.45) is 0. The number of hydrogen-bond donors (Lipinski definition) is 1. The molecule has 1 atom stereocenters. The Hall–Kier alpha value is -1.69. The summed E-state index contributed by atoms with van der Waals surface area (Å²) in [5.74, 6) is 0.705. The van der Waals surface area contributed by atoms with Crippen LogP contribution < -0.4 is 5.32 Å². The first kappa shape index (κ1) is 12.8. The number of para-hydroxylation sites is 1. The van der Waals surface area contributed by atoms with Crippen LogP contribution in [0, 0.1) is 0 Å². The van der Waals surface area contributed by atoms with Crippen molar-refractivity contribution in [2.75, 3.05) is 24.1 Å². The second-order valence-electron chi connectivity index (χ2n) is 3.80. The number of urea groups is 1. The van der Waals surface area contributed by atoms with E-state index in [1.165, 1.54) is 23.8 Å². The van der Waals surface area contributed by atoms with Crippen molar-refractivity contribution in [1.29, 1.82) is 0 Å². The number of ether oxygens (including phenoxy) is 1. The highest BCUT2D eigenvalue weighted by molar-refractivity contribution is 7.99. The third-order valence-corrected chi connectivity index (χ3v) is 3.65. The molecule has 2 amide bonds. The van der Waals surface area contributed by atoms with Crippen molar-refractivity contribution in [3.8, 4) is 0 Å². The number of esters is 1. The average molecular weight is 266 g/mol. The molecular formula is C12H14N2O3S. The molecule has 5 nitrogen and oxygen atoms in total. The van der Waals surface area contributed by atoms with E-state index in [0.717, 1.165) is 0 Å². The molecule has 0 bridgehead atoms. The number of nitrogens with one attached hydrogen (secondary N) is 1. The number of amides is 2. The average Bonchev–Trinajstić information content (AvgIpc) is 2.88. The van der Waals surface area contributed by atoms with Crippen molar-refractivity contribution in [2.45, 2.75) is 6.04 Å². The molecule has 6 heteroatoms. The lowest BCUT2D eigenvalue weighted by Gasteiger charge is -2.22. The van der Waals surface area contributed by atoms with Gasteiger partial charge in [0, 0.05) is 11.4 Å². The molecule has 0 aromatic heterocycles. The molecule has 1 aromatic rings. The molecule has 1 aliphatic heterocycles. The van der Waals surface area contributed by atoms with Crippen LogP contribution in [-0.2, 0) is 9.53 Å². The minimum atomic E-state index is -0.497. The van der Waals surface area contributed by atoms with Crippen LogP contribution in [0.5, 0.6) is 0 Å². The van der Waals surface area contributed by atoms with E-state index in [1.807, 2.05) is 18.2 Å². The lowest BCUT2D eigenvalue weighted by Crippen LogP contribution is -2.44. The molecule has 1 N–H and O–H groups in total. The smallest absolute Gasteiger partial charge is 0.329 e. The Morgan fingerprint density at radius 2 is 2.11 bits per heavy atom. The third-order valence-electron chi connectivity index (χ3n) is 2.64. The molecule has 0 aliphatic carbocycles. The summed E-state index contributed by atoms with van der Waals surface area (Å²) in [6, 6.07) is 8.38. The van der Waals surface area contributed by atoms with Crippen molar-refractivity contribution < 1.29 is 14.3 Å². The fourth-order valence-electron chi connectivity index (χ4n) is 1.69. The van der Waals surface area contributed by atoms with Crippen molar-refractivity contribution in [2.24, 2.45) is 0 Å². The normalized spacial score (nSPS) is 18.5. The summed E-state index contributed by atoms with van der Waals surface area (Å²) in [5, 5.41) is 2.76. The van der Waals surface area contributed by atoms with Crippen LogP contribution in [0.2, 0.25) is 0 Å². The monoisotopic (exact) mass is 266 g/mol. The second-order valence-corrected chi connectivity index (χ2v) is 4.80. The third kappa shape index (κ3) is 2.76. The number of methoxy groups -OCH3 is 1.